The minimum absolute atomic E-state index is 0.194. The number of halogens is 2. The van der Waals surface area contributed by atoms with E-state index < -0.39 is 0 Å². The number of nitrogen functional groups attached to an aromatic ring is 1. The monoisotopic (exact) mass is 324 g/mol. The van der Waals surface area contributed by atoms with E-state index in [2.05, 4.69) is 10.4 Å². The summed E-state index contributed by atoms with van der Waals surface area (Å²) in [5.41, 5.74) is 3.64. The molecule has 110 valence electrons. The number of carbonyl (C=O) groups excluding carboxylic acids is 1. The molecule has 1 heterocycles. The van der Waals surface area contributed by atoms with Crippen LogP contribution in [0.25, 0.3) is 0 Å². The van der Waals surface area contributed by atoms with Crippen molar-refractivity contribution in [3.05, 3.63) is 57.7 Å². The fraction of sp³-hybridized carbons (Fsp3) is 0.143. The molecule has 2 rings (SSSR count). The largest absolute Gasteiger partial charge is 0.337 e. The Hall–Kier alpha value is -1.82. The Labute approximate surface area is 132 Å². The van der Waals surface area contributed by atoms with Gasteiger partial charge >= 0.3 is 0 Å². The van der Waals surface area contributed by atoms with Gasteiger partial charge in [0.25, 0.3) is 5.91 Å². The molecule has 0 aliphatic carbocycles. The smallest absolute Gasteiger partial charge is 0.254 e. The van der Waals surface area contributed by atoms with Crippen molar-refractivity contribution in [2.45, 2.75) is 6.54 Å². The summed E-state index contributed by atoms with van der Waals surface area (Å²) in [5, 5.41) is 0.814. The molecule has 0 fully saturated rings. The zero-order valence-electron chi connectivity index (χ0n) is 11.3. The predicted molar refractivity (Wildman–Crippen MR) is 84.3 cm³/mol. The summed E-state index contributed by atoms with van der Waals surface area (Å²) in [7, 11) is 1.69. The van der Waals surface area contributed by atoms with Crippen LogP contribution < -0.4 is 11.3 Å². The lowest BCUT2D eigenvalue weighted by atomic mass is 10.2. The van der Waals surface area contributed by atoms with Crippen molar-refractivity contribution in [3.8, 4) is 0 Å². The second-order valence-electron chi connectivity index (χ2n) is 4.46. The summed E-state index contributed by atoms with van der Waals surface area (Å²) >= 11 is 12.0. The third-order valence-corrected chi connectivity index (χ3v) is 3.46. The molecular formula is C14H14Cl2N4O. The molecule has 0 unspecified atom stereocenters. The van der Waals surface area contributed by atoms with E-state index in [0.29, 0.717) is 22.9 Å². The number of amides is 1. The van der Waals surface area contributed by atoms with E-state index in [9.17, 15) is 4.79 Å². The van der Waals surface area contributed by atoms with Crippen LogP contribution in [0.5, 0.6) is 0 Å². The molecule has 7 heteroatoms. The highest BCUT2D eigenvalue weighted by molar-refractivity contribution is 6.31. The van der Waals surface area contributed by atoms with Gasteiger partial charge in [-0.25, -0.2) is 10.8 Å². The summed E-state index contributed by atoms with van der Waals surface area (Å²) < 4.78 is 0. The highest BCUT2D eigenvalue weighted by Gasteiger charge is 2.15. The number of pyridine rings is 1. The molecular weight excluding hydrogens is 311 g/mol. The van der Waals surface area contributed by atoms with E-state index in [0.717, 1.165) is 5.56 Å². The van der Waals surface area contributed by atoms with Crippen LogP contribution in [-0.4, -0.2) is 22.8 Å². The minimum Gasteiger partial charge on any atom is -0.337 e. The first kappa shape index (κ1) is 15.6. The van der Waals surface area contributed by atoms with E-state index in [1.54, 1.807) is 18.0 Å². The lowest BCUT2D eigenvalue weighted by Gasteiger charge is -2.18. The average Bonchev–Trinajstić information content (AvgIpc) is 2.48. The van der Waals surface area contributed by atoms with Crippen molar-refractivity contribution < 1.29 is 4.79 Å². The van der Waals surface area contributed by atoms with E-state index in [1.165, 1.54) is 12.1 Å². The predicted octanol–water partition coefficient (Wildman–Crippen LogP) is 2.95. The molecule has 0 atom stereocenters. The number of benzene rings is 1. The fourth-order valence-electron chi connectivity index (χ4n) is 1.87. The Morgan fingerprint density at radius 3 is 2.71 bits per heavy atom. The average molecular weight is 325 g/mol. The number of carbonyl (C=O) groups is 1. The summed E-state index contributed by atoms with van der Waals surface area (Å²) in [6.07, 6.45) is 0. The van der Waals surface area contributed by atoms with E-state index >= 15 is 0 Å². The maximum Gasteiger partial charge on any atom is 0.254 e. The molecule has 1 aromatic heterocycles. The van der Waals surface area contributed by atoms with Gasteiger partial charge in [0.1, 0.15) is 11.0 Å². The van der Waals surface area contributed by atoms with E-state index in [-0.39, 0.29) is 11.1 Å². The van der Waals surface area contributed by atoms with Crippen LogP contribution in [0.1, 0.15) is 15.9 Å². The molecule has 0 bridgehead atoms. The van der Waals surface area contributed by atoms with Gasteiger partial charge in [0.05, 0.1) is 0 Å². The molecule has 0 saturated carbocycles. The van der Waals surface area contributed by atoms with Crippen molar-refractivity contribution in [2.75, 3.05) is 12.5 Å². The first-order chi connectivity index (χ1) is 10.0. The van der Waals surface area contributed by atoms with Gasteiger partial charge in [-0.1, -0.05) is 41.4 Å². The summed E-state index contributed by atoms with van der Waals surface area (Å²) in [6.45, 7) is 0.393. The summed E-state index contributed by atoms with van der Waals surface area (Å²) in [5.74, 6) is 5.43. The number of nitrogens with one attached hydrogen (secondary N) is 1. The second kappa shape index (κ2) is 6.76. The molecule has 5 nitrogen and oxygen atoms in total. The number of nitrogens with two attached hydrogens (primary N) is 1. The van der Waals surface area contributed by atoms with Crippen LogP contribution in [0.3, 0.4) is 0 Å². The SMILES string of the molecule is CN(Cc1ccccc1Cl)C(=O)c1cc(Cl)nc(NN)c1. The number of rotatable bonds is 4. The molecule has 0 saturated heterocycles. The highest BCUT2D eigenvalue weighted by atomic mass is 35.5. The normalized spacial score (nSPS) is 10.3. The summed E-state index contributed by atoms with van der Waals surface area (Å²) in [6, 6.07) is 10.4. The van der Waals surface area contributed by atoms with Gasteiger partial charge in [-0.3, -0.25) is 4.79 Å². The van der Waals surface area contributed by atoms with Crippen LogP contribution >= 0.6 is 23.2 Å². The Bertz CT molecular complexity index is 663. The van der Waals surface area contributed by atoms with Crippen LogP contribution in [-0.2, 0) is 6.54 Å². The van der Waals surface area contributed by atoms with Crippen LogP contribution in [0.4, 0.5) is 5.82 Å². The summed E-state index contributed by atoms with van der Waals surface area (Å²) in [4.78, 5) is 17.9. The topological polar surface area (TPSA) is 71.2 Å². The van der Waals surface area contributed by atoms with Crippen molar-refractivity contribution in [3.63, 3.8) is 0 Å². The molecule has 0 aliphatic rings. The number of hydrazine groups is 1. The third-order valence-electron chi connectivity index (χ3n) is 2.90. The molecule has 2 aromatic rings. The fourth-order valence-corrected chi connectivity index (χ4v) is 2.27. The van der Waals surface area contributed by atoms with Gasteiger partial charge in [-0.05, 0) is 23.8 Å². The van der Waals surface area contributed by atoms with Gasteiger partial charge in [-0.15, -0.1) is 0 Å². The minimum atomic E-state index is -0.198. The van der Waals surface area contributed by atoms with Crippen molar-refractivity contribution in [2.24, 2.45) is 5.84 Å². The number of aromatic nitrogens is 1. The lowest BCUT2D eigenvalue weighted by Crippen LogP contribution is -2.26. The molecule has 1 amide bonds. The Balaban J connectivity index is 2.20. The zero-order chi connectivity index (χ0) is 15.4. The van der Waals surface area contributed by atoms with Crippen LogP contribution in [0, 0.1) is 0 Å². The Morgan fingerprint density at radius 2 is 2.05 bits per heavy atom. The maximum atomic E-state index is 12.4. The quantitative estimate of drug-likeness (QED) is 0.515. The van der Waals surface area contributed by atoms with E-state index in [1.807, 2.05) is 18.2 Å². The Morgan fingerprint density at radius 1 is 1.33 bits per heavy atom. The van der Waals surface area contributed by atoms with Gasteiger partial charge in [-0.2, -0.15) is 0 Å². The first-order valence-electron chi connectivity index (χ1n) is 6.14. The van der Waals surface area contributed by atoms with Crippen LogP contribution in [0.2, 0.25) is 10.2 Å². The molecule has 21 heavy (non-hydrogen) atoms. The Kier molecular flexibility index (Phi) is 5.01. The van der Waals surface area contributed by atoms with E-state index in [4.69, 9.17) is 29.0 Å². The standard InChI is InChI=1S/C14H14Cl2N4O/c1-20(8-9-4-2-3-5-11(9)15)14(21)10-6-12(16)18-13(7-10)19-17/h2-7H,8,17H2,1H3,(H,18,19). The molecule has 0 spiro atoms. The maximum absolute atomic E-state index is 12.4. The van der Waals surface area contributed by atoms with Gasteiger partial charge in [0.15, 0.2) is 0 Å². The highest BCUT2D eigenvalue weighted by Crippen LogP contribution is 2.19. The second-order valence-corrected chi connectivity index (χ2v) is 5.26. The van der Waals surface area contributed by atoms with Gasteiger partial charge in [0, 0.05) is 24.2 Å². The number of hydrogen-bond donors (Lipinski definition) is 2. The van der Waals surface area contributed by atoms with Gasteiger partial charge < -0.3 is 10.3 Å². The third kappa shape index (κ3) is 3.85. The zero-order valence-corrected chi connectivity index (χ0v) is 12.8. The van der Waals surface area contributed by atoms with Gasteiger partial charge in [0.2, 0.25) is 0 Å². The van der Waals surface area contributed by atoms with Crippen molar-refractivity contribution >= 4 is 34.9 Å². The molecule has 3 N–H and O–H groups in total. The first-order valence-corrected chi connectivity index (χ1v) is 6.90. The number of nitrogens with zero attached hydrogens (tertiary/aromatic N) is 2. The molecule has 0 aliphatic heterocycles. The lowest BCUT2D eigenvalue weighted by molar-refractivity contribution is 0.0785. The van der Waals surface area contributed by atoms with Crippen LogP contribution in [0.15, 0.2) is 36.4 Å². The number of anilines is 1. The molecule has 1 aromatic carbocycles. The van der Waals surface area contributed by atoms with Crippen molar-refractivity contribution in [1.29, 1.82) is 0 Å². The number of hydrogen-bond acceptors (Lipinski definition) is 4. The molecule has 0 radical (unpaired) electrons. The van der Waals surface area contributed by atoms with Crippen molar-refractivity contribution in [1.82, 2.24) is 9.88 Å².